The van der Waals surface area contributed by atoms with Crippen LogP contribution in [0.1, 0.15) is 61.9 Å². The quantitative estimate of drug-likeness (QED) is 0.228. The number of nitrogens with zero attached hydrogens (tertiary/aromatic N) is 5. The monoisotopic (exact) mass is 566 g/mol. The van der Waals surface area contributed by atoms with E-state index in [-0.39, 0.29) is 29.9 Å². The fraction of sp³-hybridized carbons (Fsp3) is 0.560. The first-order valence-corrected chi connectivity index (χ1v) is 11.8. The predicted molar refractivity (Wildman–Crippen MR) is 145 cm³/mol. The van der Waals surface area contributed by atoms with Crippen molar-refractivity contribution in [3.63, 3.8) is 0 Å². The highest BCUT2D eigenvalue weighted by molar-refractivity contribution is 14.0. The van der Waals surface area contributed by atoms with Crippen LogP contribution in [0.4, 0.5) is 0 Å². The minimum Gasteiger partial charge on any atom is -0.357 e. The van der Waals surface area contributed by atoms with Crippen molar-refractivity contribution in [3.8, 4) is 0 Å². The van der Waals surface area contributed by atoms with E-state index in [1.807, 2.05) is 16.6 Å². The highest BCUT2D eigenvalue weighted by Crippen LogP contribution is 2.20. The van der Waals surface area contributed by atoms with Crippen molar-refractivity contribution in [2.75, 3.05) is 26.7 Å². The molecule has 0 unspecified atom stereocenters. The number of aryl methyl sites for hydroxylation is 1. The molecule has 0 spiro atoms. The van der Waals surface area contributed by atoms with Gasteiger partial charge in [-0.25, -0.2) is 0 Å². The molecule has 2 aromatic rings. The highest BCUT2D eigenvalue weighted by Gasteiger charge is 2.20. The van der Waals surface area contributed by atoms with Crippen molar-refractivity contribution in [2.24, 2.45) is 12.0 Å². The SMILES string of the molecule is CCNC(=NCCCC(=O)N1CCc2ccccc2C1)N(C)Cc1cn(C)nc1C(C)C.I. The number of carbonyl (C=O) groups is 1. The molecule has 0 atom stereocenters. The fourth-order valence-electron chi connectivity index (χ4n) is 4.24. The number of carbonyl (C=O) groups excluding carboxylic acids is 1. The number of nitrogens with one attached hydrogen (secondary N) is 1. The molecule has 1 amide bonds. The van der Waals surface area contributed by atoms with Crippen LogP contribution in [0, 0.1) is 0 Å². The van der Waals surface area contributed by atoms with Crippen LogP contribution in [0.5, 0.6) is 0 Å². The van der Waals surface area contributed by atoms with E-state index in [0.717, 1.165) is 50.7 Å². The molecule has 7 nitrogen and oxygen atoms in total. The topological polar surface area (TPSA) is 65.8 Å². The molecule has 1 aliphatic rings. The maximum atomic E-state index is 12.7. The molecule has 0 saturated heterocycles. The van der Waals surface area contributed by atoms with Crippen LogP contribution in [0.3, 0.4) is 0 Å². The third kappa shape index (κ3) is 7.45. The van der Waals surface area contributed by atoms with Crippen molar-refractivity contribution in [3.05, 3.63) is 52.8 Å². The van der Waals surface area contributed by atoms with Gasteiger partial charge in [0.2, 0.25) is 5.91 Å². The number of hydrogen-bond donors (Lipinski definition) is 1. The van der Waals surface area contributed by atoms with Gasteiger partial charge in [-0.2, -0.15) is 5.10 Å². The summed E-state index contributed by atoms with van der Waals surface area (Å²) in [6, 6.07) is 8.42. The van der Waals surface area contributed by atoms with Crippen LogP contribution in [0.2, 0.25) is 0 Å². The molecule has 0 bridgehead atoms. The summed E-state index contributed by atoms with van der Waals surface area (Å²) in [5, 5.41) is 7.98. The Kier molecular flexibility index (Phi) is 10.7. The van der Waals surface area contributed by atoms with Gasteiger partial charge >= 0.3 is 0 Å². The molecule has 1 aromatic carbocycles. The fourth-order valence-corrected chi connectivity index (χ4v) is 4.24. The summed E-state index contributed by atoms with van der Waals surface area (Å²) in [6.07, 6.45) is 4.33. The number of rotatable bonds is 8. The number of guanidine groups is 1. The number of hydrogen-bond acceptors (Lipinski definition) is 3. The Balaban J connectivity index is 0.00000385. The minimum atomic E-state index is 0. The first kappa shape index (κ1) is 27.1. The summed E-state index contributed by atoms with van der Waals surface area (Å²) in [5.41, 5.74) is 4.99. The highest BCUT2D eigenvalue weighted by atomic mass is 127. The van der Waals surface area contributed by atoms with Gasteiger partial charge in [0.15, 0.2) is 5.96 Å². The van der Waals surface area contributed by atoms with Crippen LogP contribution in [-0.4, -0.2) is 58.1 Å². The molecule has 3 rings (SSSR count). The van der Waals surface area contributed by atoms with Crippen LogP contribution in [-0.2, 0) is 31.4 Å². The summed E-state index contributed by atoms with van der Waals surface area (Å²) < 4.78 is 1.88. The normalized spacial score (nSPS) is 13.5. The summed E-state index contributed by atoms with van der Waals surface area (Å²) >= 11 is 0. The first-order chi connectivity index (χ1) is 15.4. The largest absolute Gasteiger partial charge is 0.357 e. The number of halogens is 1. The van der Waals surface area contributed by atoms with Crippen molar-refractivity contribution >= 4 is 35.8 Å². The molecule has 0 aliphatic carbocycles. The third-order valence-corrected chi connectivity index (χ3v) is 5.88. The van der Waals surface area contributed by atoms with E-state index in [0.29, 0.717) is 18.9 Å². The Bertz CT molecular complexity index is 939. The lowest BCUT2D eigenvalue weighted by Crippen LogP contribution is -2.38. The van der Waals surface area contributed by atoms with Gasteiger partial charge in [0.05, 0.1) is 5.69 Å². The molecule has 2 heterocycles. The molecule has 8 heteroatoms. The number of aromatic nitrogens is 2. The zero-order valence-corrected chi connectivity index (χ0v) is 23.0. The Labute approximate surface area is 215 Å². The lowest BCUT2D eigenvalue weighted by Gasteiger charge is -2.29. The van der Waals surface area contributed by atoms with Gasteiger partial charge in [-0.3, -0.25) is 14.5 Å². The average molecular weight is 567 g/mol. The van der Waals surface area contributed by atoms with Gasteiger partial charge in [-0.1, -0.05) is 38.1 Å². The standard InChI is InChI=1S/C25H38N6O.HI/c1-6-26-25(29(4)16-22-17-30(5)28-24(22)19(2)3)27-14-9-12-23(32)31-15-13-20-10-7-8-11-21(20)18-31;/h7-8,10-11,17,19H,6,9,12-16,18H2,1-5H3,(H,26,27);1H. The Morgan fingerprint density at radius 2 is 2.00 bits per heavy atom. The summed E-state index contributed by atoms with van der Waals surface area (Å²) in [6.45, 7) is 10.1. The summed E-state index contributed by atoms with van der Waals surface area (Å²) in [5.74, 6) is 1.47. The molecule has 0 fully saturated rings. The maximum Gasteiger partial charge on any atom is 0.222 e. The molecular weight excluding hydrogens is 527 g/mol. The Hall–Kier alpha value is -2.10. The number of aliphatic imine (C=N–C) groups is 1. The maximum absolute atomic E-state index is 12.7. The molecule has 182 valence electrons. The van der Waals surface area contributed by atoms with E-state index >= 15 is 0 Å². The third-order valence-electron chi connectivity index (χ3n) is 5.88. The second-order valence-electron chi connectivity index (χ2n) is 8.90. The Morgan fingerprint density at radius 1 is 1.27 bits per heavy atom. The molecule has 0 saturated carbocycles. The molecule has 33 heavy (non-hydrogen) atoms. The van der Waals surface area contributed by atoms with Crippen molar-refractivity contribution in [1.29, 1.82) is 0 Å². The van der Waals surface area contributed by atoms with E-state index in [1.54, 1.807) is 0 Å². The van der Waals surface area contributed by atoms with Gasteiger partial charge in [0, 0.05) is 65.0 Å². The van der Waals surface area contributed by atoms with Crippen molar-refractivity contribution in [1.82, 2.24) is 24.9 Å². The van der Waals surface area contributed by atoms with Crippen molar-refractivity contribution < 1.29 is 4.79 Å². The number of fused-ring (bicyclic) bond motifs is 1. The van der Waals surface area contributed by atoms with E-state index in [2.05, 4.69) is 73.6 Å². The first-order valence-electron chi connectivity index (χ1n) is 11.8. The van der Waals surface area contributed by atoms with E-state index in [4.69, 9.17) is 4.99 Å². The molecule has 1 aliphatic heterocycles. The minimum absolute atomic E-state index is 0. The zero-order valence-electron chi connectivity index (χ0n) is 20.7. The van der Waals surface area contributed by atoms with Gasteiger partial charge < -0.3 is 15.1 Å². The zero-order chi connectivity index (χ0) is 23.1. The number of benzene rings is 1. The van der Waals surface area contributed by atoms with Gasteiger partial charge in [0.1, 0.15) is 0 Å². The lowest BCUT2D eigenvalue weighted by atomic mass is 9.99. The predicted octanol–water partition coefficient (Wildman–Crippen LogP) is 3.92. The second kappa shape index (κ2) is 13.0. The van der Waals surface area contributed by atoms with E-state index in [9.17, 15) is 4.79 Å². The van der Waals surface area contributed by atoms with Gasteiger partial charge in [-0.15, -0.1) is 24.0 Å². The molecular formula is C25H39IN6O. The lowest BCUT2D eigenvalue weighted by molar-refractivity contribution is -0.132. The van der Waals surface area contributed by atoms with Gasteiger partial charge in [0.25, 0.3) is 0 Å². The molecule has 1 N–H and O–H groups in total. The van der Waals surface area contributed by atoms with Crippen LogP contribution in [0.25, 0.3) is 0 Å². The van der Waals surface area contributed by atoms with Crippen LogP contribution < -0.4 is 5.32 Å². The van der Waals surface area contributed by atoms with Gasteiger partial charge in [-0.05, 0) is 36.8 Å². The smallest absolute Gasteiger partial charge is 0.222 e. The average Bonchev–Trinajstić information content (AvgIpc) is 3.15. The second-order valence-corrected chi connectivity index (χ2v) is 8.90. The van der Waals surface area contributed by atoms with E-state index < -0.39 is 0 Å². The molecule has 1 aromatic heterocycles. The summed E-state index contributed by atoms with van der Waals surface area (Å²) in [4.78, 5) is 21.6. The van der Waals surface area contributed by atoms with Crippen LogP contribution >= 0.6 is 24.0 Å². The Morgan fingerprint density at radius 3 is 2.70 bits per heavy atom. The molecule has 0 radical (unpaired) electrons. The van der Waals surface area contributed by atoms with Crippen LogP contribution in [0.15, 0.2) is 35.5 Å². The van der Waals surface area contributed by atoms with E-state index in [1.165, 1.54) is 16.7 Å². The van der Waals surface area contributed by atoms with Crippen molar-refractivity contribution in [2.45, 2.75) is 59.0 Å². The number of amides is 1. The summed E-state index contributed by atoms with van der Waals surface area (Å²) in [7, 11) is 4.02.